The lowest BCUT2D eigenvalue weighted by atomic mass is 10.1. The second kappa shape index (κ2) is 2.99. The van der Waals surface area contributed by atoms with Gasteiger partial charge in [-0.1, -0.05) is 18.2 Å². The Balaban J connectivity index is 2.54. The molecule has 0 saturated carbocycles. The van der Waals surface area contributed by atoms with Crippen LogP contribution in [0.25, 0.3) is 5.76 Å². The van der Waals surface area contributed by atoms with E-state index in [-0.39, 0.29) is 5.76 Å². The standard InChI is InChI=1S/C10H6O4/c11-9(12)5-8-6-3-1-2-4-7(6)10(13)14-8/h1-5H,(H,11,12)/p-1/b8-5+. The average Bonchev–Trinajstić information content (AvgIpc) is 2.44. The molecule has 0 saturated heterocycles. The number of hydrogen-bond donors (Lipinski definition) is 0. The van der Waals surface area contributed by atoms with E-state index in [2.05, 4.69) is 0 Å². The molecule has 0 spiro atoms. The van der Waals surface area contributed by atoms with Crippen LogP contribution in [0.2, 0.25) is 0 Å². The van der Waals surface area contributed by atoms with E-state index < -0.39 is 11.9 Å². The van der Waals surface area contributed by atoms with Gasteiger partial charge in [0.05, 0.1) is 11.5 Å². The maximum Gasteiger partial charge on any atom is 0.344 e. The van der Waals surface area contributed by atoms with Crippen LogP contribution in [0.4, 0.5) is 0 Å². The number of fused-ring (bicyclic) bond motifs is 1. The first-order valence-electron chi connectivity index (χ1n) is 3.93. The van der Waals surface area contributed by atoms with Crippen LogP contribution >= 0.6 is 0 Å². The molecule has 0 fully saturated rings. The van der Waals surface area contributed by atoms with Crippen molar-refractivity contribution in [2.75, 3.05) is 0 Å². The summed E-state index contributed by atoms with van der Waals surface area (Å²) < 4.78 is 4.74. The molecule has 0 aromatic heterocycles. The highest BCUT2D eigenvalue weighted by Gasteiger charge is 2.25. The first-order valence-corrected chi connectivity index (χ1v) is 3.93. The molecule has 0 bridgehead atoms. The number of carbonyl (C=O) groups excluding carboxylic acids is 2. The second-order valence-corrected chi connectivity index (χ2v) is 2.76. The quantitative estimate of drug-likeness (QED) is 0.458. The van der Waals surface area contributed by atoms with Crippen LogP contribution in [0.1, 0.15) is 15.9 Å². The number of aliphatic carboxylic acids is 1. The van der Waals surface area contributed by atoms with E-state index in [4.69, 9.17) is 4.74 Å². The molecule has 70 valence electrons. The lowest BCUT2D eigenvalue weighted by Gasteiger charge is -1.98. The number of hydrogen-bond acceptors (Lipinski definition) is 4. The SMILES string of the molecule is O=C([O-])/C=C1/OC(=O)c2ccccc21. The maximum absolute atomic E-state index is 11.2. The van der Waals surface area contributed by atoms with Crippen molar-refractivity contribution in [3.8, 4) is 0 Å². The molecule has 0 amide bonds. The Morgan fingerprint density at radius 3 is 2.57 bits per heavy atom. The lowest BCUT2D eigenvalue weighted by Crippen LogP contribution is -2.19. The van der Waals surface area contributed by atoms with Gasteiger partial charge in [-0.15, -0.1) is 0 Å². The molecule has 0 radical (unpaired) electrons. The first kappa shape index (κ1) is 8.50. The van der Waals surface area contributed by atoms with Crippen LogP contribution in [-0.4, -0.2) is 11.9 Å². The van der Waals surface area contributed by atoms with Crippen LogP contribution in [0.5, 0.6) is 0 Å². The molecule has 1 heterocycles. The predicted octanol–water partition coefficient (Wildman–Crippen LogP) is -0.0522. The minimum absolute atomic E-state index is 0.0330. The van der Waals surface area contributed by atoms with Crippen molar-refractivity contribution in [3.63, 3.8) is 0 Å². The van der Waals surface area contributed by atoms with Gasteiger partial charge < -0.3 is 14.6 Å². The highest BCUT2D eigenvalue weighted by molar-refractivity contribution is 6.05. The molecule has 2 rings (SSSR count). The van der Waals surface area contributed by atoms with Gasteiger partial charge in [0.15, 0.2) is 0 Å². The molecule has 0 aliphatic carbocycles. The Morgan fingerprint density at radius 1 is 1.29 bits per heavy atom. The molecular formula is C10H5O4-. The van der Waals surface area contributed by atoms with Gasteiger partial charge in [0.1, 0.15) is 5.76 Å². The Labute approximate surface area is 79.4 Å². The molecule has 4 nitrogen and oxygen atoms in total. The van der Waals surface area contributed by atoms with Gasteiger partial charge in [0.2, 0.25) is 0 Å². The van der Waals surface area contributed by atoms with E-state index in [9.17, 15) is 14.7 Å². The summed E-state index contributed by atoms with van der Waals surface area (Å²) in [6, 6.07) is 6.58. The minimum atomic E-state index is -1.38. The molecular weight excluding hydrogens is 184 g/mol. The summed E-state index contributed by atoms with van der Waals surface area (Å²) in [5, 5.41) is 10.3. The third kappa shape index (κ3) is 1.26. The van der Waals surface area contributed by atoms with E-state index in [0.29, 0.717) is 11.1 Å². The van der Waals surface area contributed by atoms with E-state index >= 15 is 0 Å². The highest BCUT2D eigenvalue weighted by Crippen LogP contribution is 2.28. The summed E-state index contributed by atoms with van der Waals surface area (Å²) in [5.41, 5.74) is 0.863. The highest BCUT2D eigenvalue weighted by atomic mass is 16.5. The van der Waals surface area contributed by atoms with Crippen molar-refractivity contribution in [2.24, 2.45) is 0 Å². The van der Waals surface area contributed by atoms with Gasteiger partial charge in [0, 0.05) is 11.6 Å². The molecule has 0 unspecified atom stereocenters. The molecule has 0 atom stereocenters. The monoisotopic (exact) mass is 189 g/mol. The molecule has 14 heavy (non-hydrogen) atoms. The number of carbonyl (C=O) groups is 2. The van der Waals surface area contributed by atoms with Gasteiger partial charge in [-0.2, -0.15) is 0 Å². The van der Waals surface area contributed by atoms with Crippen molar-refractivity contribution in [1.29, 1.82) is 0 Å². The predicted molar refractivity (Wildman–Crippen MR) is 44.8 cm³/mol. The van der Waals surface area contributed by atoms with Crippen LogP contribution in [0, 0.1) is 0 Å². The molecule has 1 aromatic rings. The van der Waals surface area contributed by atoms with Crippen LogP contribution < -0.4 is 5.11 Å². The van der Waals surface area contributed by atoms with E-state index in [0.717, 1.165) is 6.08 Å². The number of carboxylic acid groups (broad SMARTS) is 1. The average molecular weight is 189 g/mol. The summed E-state index contributed by atoms with van der Waals surface area (Å²) in [6.45, 7) is 0. The van der Waals surface area contributed by atoms with E-state index in [1.807, 2.05) is 0 Å². The zero-order chi connectivity index (χ0) is 10.1. The van der Waals surface area contributed by atoms with Gasteiger partial charge >= 0.3 is 5.97 Å². The van der Waals surface area contributed by atoms with E-state index in [1.54, 1.807) is 24.3 Å². The molecule has 1 aliphatic heterocycles. The number of benzene rings is 1. The summed E-state index contributed by atoms with van der Waals surface area (Å²) in [4.78, 5) is 21.5. The van der Waals surface area contributed by atoms with Gasteiger partial charge in [0.25, 0.3) is 0 Å². The fraction of sp³-hybridized carbons (Fsp3) is 0. The second-order valence-electron chi connectivity index (χ2n) is 2.76. The maximum atomic E-state index is 11.2. The first-order chi connectivity index (χ1) is 6.68. The topological polar surface area (TPSA) is 66.4 Å². The molecule has 0 N–H and O–H groups in total. The summed E-state index contributed by atoms with van der Waals surface area (Å²) in [6.07, 6.45) is 0.768. The fourth-order valence-corrected chi connectivity index (χ4v) is 1.30. The number of rotatable bonds is 1. The third-order valence-electron chi connectivity index (χ3n) is 1.86. The number of ether oxygens (including phenoxy) is 1. The normalized spacial score (nSPS) is 16.6. The van der Waals surface area contributed by atoms with E-state index in [1.165, 1.54) is 0 Å². The molecule has 1 aromatic carbocycles. The largest absolute Gasteiger partial charge is 0.545 e. The summed E-state index contributed by atoms with van der Waals surface area (Å²) in [7, 11) is 0. The van der Waals surface area contributed by atoms with Gasteiger partial charge in [-0.3, -0.25) is 0 Å². The van der Waals surface area contributed by atoms with Crippen LogP contribution in [0.3, 0.4) is 0 Å². The Hall–Kier alpha value is -2.10. The number of carboxylic acids is 1. The summed E-state index contributed by atoms with van der Waals surface area (Å²) >= 11 is 0. The number of esters is 1. The van der Waals surface area contributed by atoms with Crippen molar-refractivity contribution in [2.45, 2.75) is 0 Å². The number of cyclic esters (lactones) is 1. The molecule has 4 heteroatoms. The van der Waals surface area contributed by atoms with Crippen molar-refractivity contribution in [3.05, 3.63) is 41.5 Å². The zero-order valence-corrected chi connectivity index (χ0v) is 7.02. The van der Waals surface area contributed by atoms with Crippen molar-refractivity contribution >= 4 is 17.7 Å². The smallest absolute Gasteiger partial charge is 0.344 e. The minimum Gasteiger partial charge on any atom is -0.545 e. The Morgan fingerprint density at radius 2 is 1.93 bits per heavy atom. The van der Waals surface area contributed by atoms with Gasteiger partial charge in [-0.25, -0.2) is 4.79 Å². The van der Waals surface area contributed by atoms with Crippen molar-refractivity contribution < 1.29 is 19.4 Å². The zero-order valence-electron chi connectivity index (χ0n) is 7.02. The lowest BCUT2D eigenvalue weighted by molar-refractivity contribution is -0.297. The summed E-state index contributed by atoms with van der Waals surface area (Å²) in [5.74, 6) is -1.89. The van der Waals surface area contributed by atoms with Gasteiger partial charge in [-0.05, 0) is 6.07 Å². The fourth-order valence-electron chi connectivity index (χ4n) is 1.30. The Bertz CT molecular complexity index is 445. The molecule has 1 aliphatic rings. The van der Waals surface area contributed by atoms with Crippen LogP contribution in [0.15, 0.2) is 30.3 Å². The third-order valence-corrected chi connectivity index (χ3v) is 1.86. The van der Waals surface area contributed by atoms with Crippen LogP contribution in [-0.2, 0) is 9.53 Å². The Kier molecular flexibility index (Phi) is 1.81. The van der Waals surface area contributed by atoms with Crippen molar-refractivity contribution in [1.82, 2.24) is 0 Å².